The van der Waals surface area contributed by atoms with Crippen LogP contribution in [0.2, 0.25) is 0 Å². The van der Waals surface area contributed by atoms with Gasteiger partial charge in [-0.1, -0.05) is 11.6 Å². The second-order valence-electron chi connectivity index (χ2n) is 7.33. The van der Waals surface area contributed by atoms with Gasteiger partial charge in [-0.2, -0.15) is 0 Å². The number of hydrogen-bond acceptors (Lipinski definition) is 2. The molecule has 2 aromatic heterocycles. The highest BCUT2D eigenvalue weighted by atomic mass is 15.1. The topological polar surface area (TPSA) is 21.1 Å². The molecule has 25 heavy (non-hydrogen) atoms. The van der Waals surface area contributed by atoms with Crippen molar-refractivity contribution in [2.24, 2.45) is 0 Å². The summed E-state index contributed by atoms with van der Waals surface area (Å²) in [5.74, 6) is 0. The van der Waals surface area contributed by atoms with E-state index in [1.165, 1.54) is 38.9 Å². The van der Waals surface area contributed by atoms with Crippen molar-refractivity contribution in [3.8, 4) is 0 Å². The second kappa shape index (κ2) is 6.16. The number of hydrogen-bond donors (Lipinski definition) is 0. The Hall–Kier alpha value is -2.39. The summed E-state index contributed by atoms with van der Waals surface area (Å²) >= 11 is 0. The van der Waals surface area contributed by atoms with Crippen molar-refractivity contribution in [2.45, 2.75) is 39.8 Å². The minimum absolute atomic E-state index is 0.561. The zero-order valence-electron chi connectivity index (χ0n) is 15.5. The van der Waals surface area contributed by atoms with Crippen molar-refractivity contribution in [2.75, 3.05) is 7.05 Å². The molecule has 1 aliphatic heterocycles. The molecule has 0 spiro atoms. The van der Waals surface area contributed by atoms with Gasteiger partial charge in [0.1, 0.15) is 0 Å². The predicted octanol–water partition coefficient (Wildman–Crippen LogP) is 4.74. The van der Waals surface area contributed by atoms with Gasteiger partial charge < -0.3 is 4.57 Å². The molecule has 0 N–H and O–H groups in total. The number of rotatable bonds is 2. The van der Waals surface area contributed by atoms with Gasteiger partial charge in [-0.05, 0) is 68.8 Å². The average Bonchev–Trinajstić information content (AvgIpc) is 2.89. The molecule has 0 radical (unpaired) electrons. The van der Waals surface area contributed by atoms with Crippen molar-refractivity contribution in [1.29, 1.82) is 0 Å². The highest BCUT2D eigenvalue weighted by Crippen LogP contribution is 2.34. The molecule has 0 saturated carbocycles. The van der Waals surface area contributed by atoms with Crippen LogP contribution >= 0.6 is 0 Å². The molecule has 3 nitrogen and oxygen atoms in total. The van der Waals surface area contributed by atoms with E-state index in [0.717, 1.165) is 13.0 Å². The third-order valence-corrected chi connectivity index (χ3v) is 5.48. The van der Waals surface area contributed by atoms with Gasteiger partial charge in [-0.15, -0.1) is 0 Å². The molecule has 1 aromatic carbocycles. The Balaban J connectivity index is 1.93. The number of aryl methyl sites for hydroxylation is 1. The first-order valence-corrected chi connectivity index (χ1v) is 8.96. The minimum Gasteiger partial charge on any atom is -0.320 e. The first kappa shape index (κ1) is 16.1. The van der Waals surface area contributed by atoms with Crippen LogP contribution in [0.3, 0.4) is 0 Å². The minimum atomic E-state index is 0.561. The van der Waals surface area contributed by atoms with Crippen LogP contribution in [-0.2, 0) is 13.0 Å². The van der Waals surface area contributed by atoms with Gasteiger partial charge in [0.25, 0.3) is 0 Å². The number of likely N-dealkylation sites (N-methyl/N-ethyl adjacent to an activating group) is 1. The van der Waals surface area contributed by atoms with E-state index in [0.29, 0.717) is 6.04 Å². The molecule has 0 unspecified atom stereocenters. The van der Waals surface area contributed by atoms with Crippen LogP contribution in [0.4, 0.5) is 0 Å². The number of fused-ring (bicyclic) bond motifs is 3. The van der Waals surface area contributed by atoms with Crippen molar-refractivity contribution < 1.29 is 0 Å². The van der Waals surface area contributed by atoms with Gasteiger partial charge in [0.05, 0.1) is 5.52 Å². The molecule has 4 rings (SSSR count). The van der Waals surface area contributed by atoms with E-state index < -0.39 is 0 Å². The lowest BCUT2D eigenvalue weighted by molar-refractivity contribution is 0.230. The van der Waals surface area contributed by atoms with Crippen molar-refractivity contribution in [3.05, 3.63) is 65.1 Å². The van der Waals surface area contributed by atoms with Gasteiger partial charge in [-0.25, -0.2) is 0 Å². The van der Waals surface area contributed by atoms with Gasteiger partial charge in [0.15, 0.2) is 0 Å². The number of benzene rings is 1. The maximum atomic E-state index is 4.13. The molecule has 1 aliphatic rings. The highest BCUT2D eigenvalue weighted by Gasteiger charge is 2.26. The molecule has 3 heteroatoms. The largest absolute Gasteiger partial charge is 0.320 e. The zero-order chi connectivity index (χ0) is 17.6. The van der Waals surface area contributed by atoms with Crippen LogP contribution in [0, 0.1) is 6.92 Å². The summed E-state index contributed by atoms with van der Waals surface area (Å²) in [5.41, 5.74) is 8.06. The molecule has 0 bridgehead atoms. The lowest BCUT2D eigenvalue weighted by Crippen LogP contribution is -2.35. The average molecular weight is 331 g/mol. The van der Waals surface area contributed by atoms with Gasteiger partial charge in [-0.3, -0.25) is 9.88 Å². The summed E-state index contributed by atoms with van der Waals surface area (Å²) in [7, 11) is 2.23. The summed E-state index contributed by atoms with van der Waals surface area (Å²) in [4.78, 5) is 6.59. The Kier molecular flexibility index (Phi) is 3.97. The Labute approximate surface area is 149 Å². The molecule has 3 aromatic rings. The summed E-state index contributed by atoms with van der Waals surface area (Å²) in [5, 5.41) is 1.40. The first-order valence-electron chi connectivity index (χ1n) is 8.96. The fraction of sp³-hybridized carbons (Fsp3) is 0.318. The monoisotopic (exact) mass is 331 g/mol. The summed E-state index contributed by atoms with van der Waals surface area (Å²) < 4.78 is 2.42. The van der Waals surface area contributed by atoms with E-state index in [2.05, 4.69) is 78.8 Å². The Morgan fingerprint density at radius 2 is 1.96 bits per heavy atom. The number of nitrogens with zero attached hydrogens (tertiary/aromatic N) is 3. The zero-order valence-corrected chi connectivity index (χ0v) is 15.5. The summed E-state index contributed by atoms with van der Waals surface area (Å²) in [6.45, 7) is 7.69. The molecule has 0 amide bonds. The van der Waals surface area contributed by atoms with E-state index in [-0.39, 0.29) is 0 Å². The smallest absolute Gasteiger partial charge is 0.0529 e. The van der Waals surface area contributed by atoms with Crippen LogP contribution < -0.4 is 0 Å². The van der Waals surface area contributed by atoms with Crippen molar-refractivity contribution in [1.82, 2.24) is 14.5 Å². The lowest BCUT2D eigenvalue weighted by Gasteiger charge is -2.30. The summed E-state index contributed by atoms with van der Waals surface area (Å²) in [6.07, 6.45) is 7.09. The molecule has 0 fully saturated rings. The van der Waals surface area contributed by atoms with Crippen molar-refractivity contribution >= 4 is 22.7 Å². The predicted molar refractivity (Wildman–Crippen MR) is 105 cm³/mol. The van der Waals surface area contributed by atoms with Crippen LogP contribution in [0.25, 0.3) is 22.7 Å². The Bertz CT molecular complexity index is 950. The molecule has 3 heterocycles. The van der Waals surface area contributed by atoms with Crippen LogP contribution in [0.15, 0.2) is 42.7 Å². The van der Waals surface area contributed by atoms with Gasteiger partial charge in [0, 0.05) is 48.7 Å². The molecule has 128 valence electrons. The van der Waals surface area contributed by atoms with E-state index in [1.54, 1.807) is 0 Å². The first-order chi connectivity index (χ1) is 12.0. The number of aromatic nitrogens is 2. The van der Waals surface area contributed by atoms with Gasteiger partial charge >= 0.3 is 0 Å². The maximum Gasteiger partial charge on any atom is 0.0529 e. The van der Waals surface area contributed by atoms with Crippen LogP contribution in [0.5, 0.6) is 0 Å². The van der Waals surface area contributed by atoms with E-state index in [9.17, 15) is 0 Å². The second-order valence-corrected chi connectivity index (χ2v) is 7.33. The normalized spacial score (nSPS) is 18.6. The molecular formula is C22H25N3. The van der Waals surface area contributed by atoms with Crippen LogP contribution in [0.1, 0.15) is 36.2 Å². The maximum absolute atomic E-state index is 4.13. The lowest BCUT2D eigenvalue weighted by atomic mass is 9.99. The highest BCUT2D eigenvalue weighted by molar-refractivity contribution is 5.90. The Morgan fingerprint density at radius 1 is 1.20 bits per heavy atom. The van der Waals surface area contributed by atoms with E-state index in [4.69, 9.17) is 0 Å². The molecule has 0 saturated heterocycles. The third kappa shape index (κ3) is 2.79. The van der Waals surface area contributed by atoms with Gasteiger partial charge in [0.2, 0.25) is 0 Å². The standard InChI is InChI=1S/C22H25N3/c1-15-5-6-21-19(11-15)20-14-24(4)17(3)12-22(20)25(21)13-16(2)18-7-9-23-10-8-18/h5-11,13,17H,12,14H2,1-4H3/b16-13+/t17-/m1/s1. The third-order valence-electron chi connectivity index (χ3n) is 5.48. The Morgan fingerprint density at radius 3 is 2.72 bits per heavy atom. The van der Waals surface area contributed by atoms with Crippen molar-refractivity contribution in [3.63, 3.8) is 0 Å². The summed E-state index contributed by atoms with van der Waals surface area (Å²) in [6, 6.07) is 11.5. The number of allylic oxidation sites excluding steroid dienone is 1. The quantitative estimate of drug-likeness (QED) is 0.676. The number of pyridine rings is 1. The van der Waals surface area contributed by atoms with Crippen LogP contribution in [-0.4, -0.2) is 27.5 Å². The molecule has 0 aliphatic carbocycles. The fourth-order valence-electron chi connectivity index (χ4n) is 3.82. The molecular weight excluding hydrogens is 306 g/mol. The molecule has 1 atom stereocenters. The SMILES string of the molecule is C/C(=C\n1c2c(c3cc(C)ccc31)CN(C)[C@H](C)C2)c1ccncc1. The van der Waals surface area contributed by atoms with E-state index >= 15 is 0 Å². The van der Waals surface area contributed by atoms with E-state index in [1.807, 2.05) is 12.4 Å². The fourth-order valence-corrected chi connectivity index (χ4v) is 3.82.